The number of carbonyl (C=O) groups excluding carboxylic acids is 2. The van der Waals surface area contributed by atoms with Crippen molar-refractivity contribution in [1.82, 2.24) is 0 Å². The van der Waals surface area contributed by atoms with Crippen LogP contribution in [-0.2, 0) is 9.59 Å². The molecular formula is C21H42O3. The summed E-state index contributed by atoms with van der Waals surface area (Å²) in [5.41, 5.74) is 0.969. The number of aliphatic hydroxyl groups is 1. The molecule has 1 atom stereocenters. The highest BCUT2D eigenvalue weighted by molar-refractivity contribution is 5.20. The minimum atomic E-state index is -0.0566. The van der Waals surface area contributed by atoms with Gasteiger partial charge in [0.15, 0.2) is 0 Å². The van der Waals surface area contributed by atoms with E-state index in [1.165, 1.54) is 57.8 Å². The Bertz CT molecular complexity index is 310. The summed E-state index contributed by atoms with van der Waals surface area (Å²) in [6.07, 6.45) is 13.7. The van der Waals surface area contributed by atoms with Gasteiger partial charge in [0.2, 0.25) is 0 Å². The van der Waals surface area contributed by atoms with Crippen LogP contribution in [0.5, 0.6) is 0 Å². The van der Waals surface area contributed by atoms with Gasteiger partial charge in [0.1, 0.15) is 0 Å². The lowest BCUT2D eigenvalue weighted by molar-refractivity contribution is -0.191. The molecule has 0 aliphatic heterocycles. The fraction of sp³-hybridized carbons (Fsp3) is 0.952. The molecule has 0 spiro atoms. The summed E-state index contributed by atoms with van der Waals surface area (Å²) in [6.45, 7) is 13.9. The summed E-state index contributed by atoms with van der Waals surface area (Å²) >= 11 is 0. The van der Waals surface area contributed by atoms with Gasteiger partial charge in [-0.2, -0.15) is 9.59 Å². The molecule has 0 aliphatic carbocycles. The molecule has 0 aromatic heterocycles. The van der Waals surface area contributed by atoms with Gasteiger partial charge in [-0.25, -0.2) is 0 Å². The molecule has 0 saturated carbocycles. The second kappa shape index (κ2) is 14.7. The van der Waals surface area contributed by atoms with Crippen molar-refractivity contribution < 1.29 is 14.7 Å². The maximum Gasteiger partial charge on any atom is 0.373 e. The van der Waals surface area contributed by atoms with Crippen LogP contribution in [0.25, 0.3) is 0 Å². The number of unbranched alkanes of at least 4 members (excludes halogenated alkanes) is 4. The predicted octanol–water partition coefficient (Wildman–Crippen LogP) is 6.15. The Morgan fingerprint density at radius 2 is 1.21 bits per heavy atom. The molecule has 0 radical (unpaired) electrons. The van der Waals surface area contributed by atoms with E-state index in [2.05, 4.69) is 41.5 Å². The van der Waals surface area contributed by atoms with E-state index in [1.807, 2.05) is 0 Å². The van der Waals surface area contributed by atoms with E-state index >= 15 is 0 Å². The van der Waals surface area contributed by atoms with Gasteiger partial charge in [0.25, 0.3) is 0 Å². The van der Waals surface area contributed by atoms with Crippen LogP contribution < -0.4 is 0 Å². The van der Waals surface area contributed by atoms with Gasteiger partial charge in [-0.15, -0.1) is 0 Å². The van der Waals surface area contributed by atoms with Crippen LogP contribution in [-0.4, -0.2) is 17.4 Å². The van der Waals surface area contributed by atoms with Gasteiger partial charge in [0, 0.05) is 0 Å². The van der Waals surface area contributed by atoms with E-state index < -0.39 is 0 Å². The monoisotopic (exact) mass is 342 g/mol. The molecule has 0 aromatic carbocycles. The van der Waals surface area contributed by atoms with E-state index in [0.717, 1.165) is 12.8 Å². The number of hydrogen-bond acceptors (Lipinski definition) is 3. The largest absolute Gasteiger partial charge is 0.393 e. The summed E-state index contributed by atoms with van der Waals surface area (Å²) < 4.78 is 0. The van der Waals surface area contributed by atoms with Crippen molar-refractivity contribution in [3.8, 4) is 0 Å². The maximum atomic E-state index is 10.0. The zero-order valence-electron chi connectivity index (χ0n) is 17.1. The van der Waals surface area contributed by atoms with Crippen molar-refractivity contribution in [2.75, 3.05) is 0 Å². The minimum absolute atomic E-state index is 0.0566. The summed E-state index contributed by atoms with van der Waals surface area (Å²) in [5.74, 6) is 0. The first-order chi connectivity index (χ1) is 11.1. The van der Waals surface area contributed by atoms with Crippen molar-refractivity contribution in [2.45, 2.75) is 118 Å². The Kier molecular flexibility index (Phi) is 15.6. The van der Waals surface area contributed by atoms with Crippen molar-refractivity contribution in [3.63, 3.8) is 0 Å². The molecule has 3 heteroatoms. The molecule has 0 saturated heterocycles. The van der Waals surface area contributed by atoms with E-state index in [-0.39, 0.29) is 12.3 Å². The van der Waals surface area contributed by atoms with Gasteiger partial charge >= 0.3 is 6.15 Å². The van der Waals surface area contributed by atoms with Gasteiger partial charge in [-0.3, -0.25) is 0 Å². The van der Waals surface area contributed by atoms with Crippen molar-refractivity contribution in [3.05, 3.63) is 0 Å². The SMILES string of the molecule is CCC(C)(C)CCCCCC(O)CCCCCC(C)(C)C.O=C=O. The number of hydrogen-bond donors (Lipinski definition) is 1. The van der Waals surface area contributed by atoms with Gasteiger partial charge in [0.05, 0.1) is 6.10 Å². The van der Waals surface area contributed by atoms with Crippen LogP contribution in [0.15, 0.2) is 0 Å². The van der Waals surface area contributed by atoms with Gasteiger partial charge in [-0.05, 0) is 36.5 Å². The first kappa shape index (κ1) is 25.6. The molecule has 0 fully saturated rings. The third kappa shape index (κ3) is 21.3. The molecule has 0 aliphatic rings. The molecular weight excluding hydrogens is 300 g/mol. The lowest BCUT2D eigenvalue weighted by Crippen LogP contribution is -2.09. The second-order valence-electron chi connectivity index (χ2n) is 9.01. The summed E-state index contributed by atoms with van der Waals surface area (Å²) in [5, 5.41) is 10.0. The molecule has 3 nitrogen and oxygen atoms in total. The molecule has 1 unspecified atom stereocenters. The molecule has 144 valence electrons. The highest BCUT2D eigenvalue weighted by atomic mass is 16.3. The van der Waals surface area contributed by atoms with Crippen LogP contribution in [0.3, 0.4) is 0 Å². The molecule has 0 bridgehead atoms. The van der Waals surface area contributed by atoms with Crippen molar-refractivity contribution in [1.29, 1.82) is 0 Å². The third-order valence-electron chi connectivity index (χ3n) is 4.81. The van der Waals surface area contributed by atoms with E-state index in [4.69, 9.17) is 9.59 Å². The third-order valence-corrected chi connectivity index (χ3v) is 4.81. The van der Waals surface area contributed by atoms with E-state index in [9.17, 15) is 5.11 Å². The molecule has 0 aromatic rings. The average Bonchev–Trinajstić information content (AvgIpc) is 2.46. The summed E-state index contributed by atoms with van der Waals surface area (Å²) in [6, 6.07) is 0. The topological polar surface area (TPSA) is 54.4 Å². The van der Waals surface area contributed by atoms with Crippen molar-refractivity contribution >= 4 is 6.15 Å². The fourth-order valence-electron chi connectivity index (χ4n) is 2.69. The first-order valence-corrected chi connectivity index (χ1v) is 9.75. The minimum Gasteiger partial charge on any atom is -0.393 e. The van der Waals surface area contributed by atoms with Gasteiger partial charge < -0.3 is 5.11 Å². The van der Waals surface area contributed by atoms with Crippen LogP contribution >= 0.6 is 0 Å². The van der Waals surface area contributed by atoms with Gasteiger partial charge in [-0.1, -0.05) is 86.5 Å². The lowest BCUT2D eigenvalue weighted by atomic mass is 9.84. The smallest absolute Gasteiger partial charge is 0.373 e. The predicted molar refractivity (Wildman–Crippen MR) is 101 cm³/mol. The Labute approximate surface area is 150 Å². The Morgan fingerprint density at radius 3 is 1.58 bits per heavy atom. The summed E-state index contributed by atoms with van der Waals surface area (Å²) in [7, 11) is 0. The highest BCUT2D eigenvalue weighted by Gasteiger charge is 2.14. The zero-order chi connectivity index (χ0) is 19.1. The second-order valence-corrected chi connectivity index (χ2v) is 9.01. The summed E-state index contributed by atoms with van der Waals surface area (Å²) in [4.78, 5) is 16.2. The van der Waals surface area contributed by atoms with E-state index in [1.54, 1.807) is 0 Å². The van der Waals surface area contributed by atoms with Crippen LogP contribution in [0.1, 0.15) is 112 Å². The number of rotatable bonds is 12. The Hall–Kier alpha value is -0.660. The Balaban J connectivity index is 0. The molecule has 0 amide bonds. The molecule has 0 heterocycles. The first-order valence-electron chi connectivity index (χ1n) is 9.75. The Morgan fingerprint density at radius 1 is 0.792 bits per heavy atom. The molecule has 24 heavy (non-hydrogen) atoms. The van der Waals surface area contributed by atoms with Crippen LogP contribution in [0.2, 0.25) is 0 Å². The van der Waals surface area contributed by atoms with Crippen LogP contribution in [0, 0.1) is 10.8 Å². The molecule has 1 N–H and O–H groups in total. The van der Waals surface area contributed by atoms with Crippen molar-refractivity contribution in [2.24, 2.45) is 10.8 Å². The lowest BCUT2D eigenvalue weighted by Gasteiger charge is -2.22. The normalized spacial score (nSPS) is 13.0. The number of aliphatic hydroxyl groups excluding tert-OH is 1. The molecule has 0 rings (SSSR count). The quantitative estimate of drug-likeness (QED) is 0.433. The highest BCUT2D eigenvalue weighted by Crippen LogP contribution is 2.27. The van der Waals surface area contributed by atoms with Crippen LogP contribution in [0.4, 0.5) is 0 Å². The van der Waals surface area contributed by atoms with E-state index in [0.29, 0.717) is 10.8 Å². The average molecular weight is 343 g/mol. The fourth-order valence-corrected chi connectivity index (χ4v) is 2.69. The zero-order valence-corrected chi connectivity index (χ0v) is 17.1. The standard InChI is InChI=1S/C20H42O.CO2/c1-7-20(5,6)17-13-9-11-15-18(21)14-10-8-12-16-19(2,3)4;2-1-3/h18,21H,7-17H2,1-6H3;. The maximum absolute atomic E-state index is 10.0.